The highest BCUT2D eigenvalue weighted by Crippen LogP contribution is 2.42. The van der Waals surface area contributed by atoms with Crippen LogP contribution in [0, 0.1) is 17.8 Å². The zero-order valence-electron chi connectivity index (χ0n) is 9.32. The molecule has 0 radical (unpaired) electrons. The van der Waals surface area contributed by atoms with Gasteiger partial charge in [0.1, 0.15) is 0 Å². The maximum atomic E-state index is 5.60. The predicted octanol–water partition coefficient (Wildman–Crippen LogP) is 1.97. The monoisotopic (exact) mass is 207 g/mol. The molecule has 1 heterocycles. The van der Waals surface area contributed by atoms with Gasteiger partial charge in [-0.15, -0.1) is 0 Å². The van der Waals surface area contributed by atoms with Crippen LogP contribution in [0.4, 0.5) is 0 Å². The van der Waals surface area contributed by atoms with E-state index in [-0.39, 0.29) is 0 Å². The second kappa shape index (κ2) is 4.26. The molecule has 84 valence electrons. The van der Waals surface area contributed by atoms with Crippen LogP contribution >= 0.6 is 0 Å². The summed E-state index contributed by atoms with van der Waals surface area (Å²) in [6, 6.07) is 0. The number of allylic oxidation sites excluding steroid dienone is 2. The summed E-state index contributed by atoms with van der Waals surface area (Å²) in [5.74, 6) is 2.69. The van der Waals surface area contributed by atoms with E-state index in [1.54, 1.807) is 0 Å². The second-order valence-corrected chi connectivity index (χ2v) is 5.33. The van der Waals surface area contributed by atoms with E-state index in [1.165, 1.54) is 32.2 Å². The number of fused-ring (bicyclic) bond motifs is 2. The van der Waals surface area contributed by atoms with Gasteiger partial charge in [0.2, 0.25) is 0 Å². The summed E-state index contributed by atoms with van der Waals surface area (Å²) >= 11 is 0. The molecular formula is C13H21NO. The van der Waals surface area contributed by atoms with Gasteiger partial charge in [0, 0.05) is 13.2 Å². The Kier molecular flexibility index (Phi) is 2.80. The molecule has 15 heavy (non-hydrogen) atoms. The van der Waals surface area contributed by atoms with Crippen LogP contribution in [0.3, 0.4) is 0 Å². The van der Waals surface area contributed by atoms with Crippen LogP contribution in [-0.4, -0.2) is 25.8 Å². The molecule has 0 aromatic rings. The standard InChI is InChI=1S/C13H21NO/c1-2-13(15-5-1)9-14-8-12-7-10-3-4-11(12)6-10/h3-4,10-14H,1-2,5-9H2. The fourth-order valence-corrected chi connectivity index (χ4v) is 3.36. The van der Waals surface area contributed by atoms with Crippen LogP contribution < -0.4 is 5.32 Å². The van der Waals surface area contributed by atoms with E-state index in [0.29, 0.717) is 6.10 Å². The number of rotatable bonds is 4. The molecule has 2 bridgehead atoms. The van der Waals surface area contributed by atoms with Crippen LogP contribution in [0.15, 0.2) is 12.2 Å². The van der Waals surface area contributed by atoms with Crippen molar-refractivity contribution in [3.05, 3.63) is 12.2 Å². The lowest BCUT2D eigenvalue weighted by molar-refractivity contribution is 0.109. The van der Waals surface area contributed by atoms with Gasteiger partial charge in [-0.1, -0.05) is 12.2 Å². The van der Waals surface area contributed by atoms with Crippen molar-refractivity contribution in [3.8, 4) is 0 Å². The zero-order chi connectivity index (χ0) is 10.1. The average Bonchev–Trinajstić information content (AvgIpc) is 2.93. The van der Waals surface area contributed by atoms with Crippen molar-refractivity contribution < 1.29 is 4.74 Å². The maximum absolute atomic E-state index is 5.60. The van der Waals surface area contributed by atoms with E-state index in [4.69, 9.17) is 4.74 Å². The summed E-state index contributed by atoms with van der Waals surface area (Å²) < 4.78 is 5.60. The third kappa shape index (κ3) is 2.11. The van der Waals surface area contributed by atoms with Crippen LogP contribution in [-0.2, 0) is 4.74 Å². The molecule has 2 nitrogen and oxygen atoms in total. The van der Waals surface area contributed by atoms with Gasteiger partial charge in [-0.05, 0) is 50.0 Å². The molecule has 3 rings (SSSR count). The van der Waals surface area contributed by atoms with Crippen molar-refractivity contribution >= 4 is 0 Å². The van der Waals surface area contributed by atoms with Crippen LogP contribution in [0.2, 0.25) is 0 Å². The van der Waals surface area contributed by atoms with Gasteiger partial charge in [-0.25, -0.2) is 0 Å². The van der Waals surface area contributed by atoms with Crippen molar-refractivity contribution in [3.63, 3.8) is 0 Å². The highest BCUT2D eigenvalue weighted by Gasteiger charge is 2.35. The summed E-state index contributed by atoms with van der Waals surface area (Å²) in [5, 5.41) is 3.60. The number of ether oxygens (including phenoxy) is 1. The van der Waals surface area contributed by atoms with E-state index >= 15 is 0 Å². The molecule has 0 amide bonds. The average molecular weight is 207 g/mol. The Morgan fingerprint density at radius 2 is 2.20 bits per heavy atom. The Morgan fingerprint density at radius 3 is 2.87 bits per heavy atom. The van der Waals surface area contributed by atoms with Crippen molar-refractivity contribution in [2.45, 2.75) is 31.8 Å². The highest BCUT2D eigenvalue weighted by molar-refractivity contribution is 5.10. The van der Waals surface area contributed by atoms with Gasteiger partial charge in [-0.2, -0.15) is 0 Å². The first kappa shape index (κ1) is 9.86. The molecule has 4 unspecified atom stereocenters. The van der Waals surface area contributed by atoms with Gasteiger partial charge in [0.25, 0.3) is 0 Å². The number of hydrogen-bond acceptors (Lipinski definition) is 2. The molecule has 2 aliphatic carbocycles. The molecular weight excluding hydrogens is 186 g/mol. The Hall–Kier alpha value is -0.340. The van der Waals surface area contributed by atoms with Crippen molar-refractivity contribution in [2.24, 2.45) is 17.8 Å². The van der Waals surface area contributed by atoms with Gasteiger partial charge < -0.3 is 10.1 Å². The van der Waals surface area contributed by atoms with Crippen LogP contribution in [0.5, 0.6) is 0 Å². The Balaban J connectivity index is 1.38. The zero-order valence-corrected chi connectivity index (χ0v) is 9.32. The largest absolute Gasteiger partial charge is 0.377 e. The van der Waals surface area contributed by atoms with Crippen LogP contribution in [0.25, 0.3) is 0 Å². The molecule has 3 aliphatic rings. The first-order chi connectivity index (χ1) is 7.42. The molecule has 0 spiro atoms. The smallest absolute Gasteiger partial charge is 0.0700 e. The Labute approximate surface area is 92.1 Å². The summed E-state index contributed by atoms with van der Waals surface area (Å²) in [6.45, 7) is 3.24. The number of nitrogens with one attached hydrogen (secondary N) is 1. The quantitative estimate of drug-likeness (QED) is 0.712. The highest BCUT2D eigenvalue weighted by atomic mass is 16.5. The van der Waals surface area contributed by atoms with E-state index in [0.717, 1.165) is 30.9 Å². The van der Waals surface area contributed by atoms with Gasteiger partial charge >= 0.3 is 0 Å². The van der Waals surface area contributed by atoms with Crippen molar-refractivity contribution in [1.29, 1.82) is 0 Å². The Bertz CT molecular complexity index is 245. The predicted molar refractivity (Wildman–Crippen MR) is 60.7 cm³/mol. The minimum Gasteiger partial charge on any atom is -0.377 e. The van der Waals surface area contributed by atoms with E-state index in [1.807, 2.05) is 0 Å². The third-order valence-electron chi connectivity index (χ3n) is 4.22. The minimum atomic E-state index is 0.499. The summed E-state index contributed by atoms with van der Waals surface area (Å²) in [7, 11) is 0. The van der Waals surface area contributed by atoms with Crippen molar-refractivity contribution in [1.82, 2.24) is 5.32 Å². The van der Waals surface area contributed by atoms with E-state index < -0.39 is 0 Å². The molecule has 4 atom stereocenters. The Morgan fingerprint density at radius 1 is 1.20 bits per heavy atom. The van der Waals surface area contributed by atoms with E-state index in [2.05, 4.69) is 17.5 Å². The first-order valence-electron chi connectivity index (χ1n) is 6.42. The van der Waals surface area contributed by atoms with E-state index in [9.17, 15) is 0 Å². The molecule has 0 aromatic carbocycles. The summed E-state index contributed by atoms with van der Waals surface area (Å²) in [4.78, 5) is 0. The van der Waals surface area contributed by atoms with Gasteiger partial charge in [-0.3, -0.25) is 0 Å². The summed E-state index contributed by atoms with van der Waals surface area (Å²) in [6.07, 6.45) is 10.7. The van der Waals surface area contributed by atoms with Gasteiger partial charge in [0.15, 0.2) is 0 Å². The summed E-state index contributed by atoms with van der Waals surface area (Å²) in [5.41, 5.74) is 0. The molecule has 0 aromatic heterocycles. The first-order valence-corrected chi connectivity index (χ1v) is 6.42. The SMILES string of the molecule is C1=CC2CC1CC2CNCC1CCCO1. The van der Waals surface area contributed by atoms with Gasteiger partial charge in [0.05, 0.1) is 6.10 Å². The molecule has 1 N–H and O–H groups in total. The molecule has 1 saturated heterocycles. The second-order valence-electron chi connectivity index (χ2n) is 5.33. The lowest BCUT2D eigenvalue weighted by atomic mass is 9.93. The molecule has 2 fully saturated rings. The van der Waals surface area contributed by atoms with Crippen molar-refractivity contribution in [2.75, 3.05) is 19.7 Å². The van der Waals surface area contributed by atoms with Crippen LogP contribution in [0.1, 0.15) is 25.7 Å². The topological polar surface area (TPSA) is 21.3 Å². The third-order valence-corrected chi connectivity index (χ3v) is 4.22. The number of hydrogen-bond donors (Lipinski definition) is 1. The lowest BCUT2D eigenvalue weighted by Crippen LogP contribution is -2.31. The normalized spacial score (nSPS) is 42.9. The minimum absolute atomic E-state index is 0.499. The molecule has 1 aliphatic heterocycles. The fraction of sp³-hybridized carbons (Fsp3) is 0.846. The molecule has 1 saturated carbocycles. The fourth-order valence-electron chi connectivity index (χ4n) is 3.36. The maximum Gasteiger partial charge on any atom is 0.0700 e. The lowest BCUT2D eigenvalue weighted by Gasteiger charge is -2.19. The molecule has 2 heteroatoms.